The van der Waals surface area contributed by atoms with Crippen LogP contribution in [0.15, 0.2) is 40.3 Å². The zero-order valence-corrected chi connectivity index (χ0v) is 42.2. The zero-order chi connectivity index (χ0) is 55.9. The van der Waals surface area contributed by atoms with Gasteiger partial charge in [0.1, 0.15) is 48.3 Å². The number of amides is 9. The second-order valence-electron chi connectivity index (χ2n) is 18.3. The van der Waals surface area contributed by atoms with Crippen LogP contribution in [-0.2, 0) is 54.4 Å². The summed E-state index contributed by atoms with van der Waals surface area (Å²) < 4.78 is 0. The number of carbonyl (C=O) groups is 10. The standard InChI is InChI=1S/C46H74N16O13/c1-24(63)35(48)40(70)57-28(13-7-19-54-46(51)52)38(68)60-36(25(2)64)41(71)58-29(16-17-33(47)65)42(72)61-20-8-14-31(61)39(69)55-23-34(66)56-27(12-6-18-53-45(49)50)37(67)59-30(22-26-10-4-3-5-11-26)43(73)62-21-9-15-32(62)44(74)75/h3-5,10-11,24-25,27-32,35-36,63-64H,6-9,12-23,48H2,1-2H3,(H2,47,65)(H,55,69)(H,56,66)(H,57,70)(H,58,71)(H,59,67)(H,60,68)(H,74,75)(H4,49,50,53)(H4,51,52,54)/t24-,25-,27+,28+,29+,30+,31+,32+,35+,36+/m1/s1. The van der Waals surface area contributed by atoms with Crippen LogP contribution in [0.4, 0.5) is 0 Å². The molecule has 3 rings (SSSR count). The van der Waals surface area contributed by atoms with E-state index >= 15 is 0 Å². The van der Waals surface area contributed by atoms with Crippen molar-refractivity contribution < 1.29 is 63.3 Å². The van der Waals surface area contributed by atoms with E-state index in [1.807, 2.05) is 0 Å². The molecule has 0 aromatic heterocycles. The maximum atomic E-state index is 14.2. The van der Waals surface area contributed by atoms with Gasteiger partial charge in [0.25, 0.3) is 0 Å². The minimum Gasteiger partial charge on any atom is -0.480 e. The van der Waals surface area contributed by atoms with Crippen molar-refractivity contribution in [2.75, 3.05) is 32.7 Å². The number of benzene rings is 1. The van der Waals surface area contributed by atoms with Gasteiger partial charge in [-0.05, 0) is 77.2 Å². The molecule has 2 heterocycles. The predicted molar refractivity (Wildman–Crippen MR) is 270 cm³/mol. The van der Waals surface area contributed by atoms with Crippen LogP contribution < -0.4 is 66.3 Å². The molecule has 0 saturated carbocycles. The molecule has 1 aromatic rings. The van der Waals surface area contributed by atoms with Gasteiger partial charge in [-0.15, -0.1) is 0 Å². The van der Waals surface area contributed by atoms with Crippen LogP contribution in [0, 0.1) is 0 Å². The maximum absolute atomic E-state index is 14.2. The Balaban J connectivity index is 1.77. The zero-order valence-electron chi connectivity index (χ0n) is 42.2. The van der Waals surface area contributed by atoms with Gasteiger partial charge in [-0.2, -0.15) is 0 Å². The van der Waals surface area contributed by atoms with E-state index in [0.717, 1.165) is 11.8 Å². The van der Waals surface area contributed by atoms with Gasteiger partial charge in [0, 0.05) is 39.0 Å². The van der Waals surface area contributed by atoms with Gasteiger partial charge >= 0.3 is 5.97 Å². The summed E-state index contributed by atoms with van der Waals surface area (Å²) in [5.41, 5.74) is 33.5. The summed E-state index contributed by atoms with van der Waals surface area (Å²) in [7, 11) is 0. The molecule has 75 heavy (non-hydrogen) atoms. The molecular formula is C46H74N16O13. The molecule has 1 aromatic carbocycles. The monoisotopic (exact) mass is 1060 g/mol. The molecule has 21 N–H and O–H groups in total. The van der Waals surface area contributed by atoms with E-state index in [-0.39, 0.29) is 89.5 Å². The fraction of sp³-hybridized carbons (Fsp3) is 0.609. The number of carboxylic acids is 1. The molecule has 416 valence electrons. The highest BCUT2D eigenvalue weighted by atomic mass is 16.4. The van der Waals surface area contributed by atoms with Crippen molar-refractivity contribution in [3.63, 3.8) is 0 Å². The van der Waals surface area contributed by atoms with E-state index in [9.17, 15) is 63.3 Å². The third-order valence-electron chi connectivity index (χ3n) is 12.3. The Morgan fingerprint density at radius 2 is 1.15 bits per heavy atom. The average molecular weight is 1060 g/mol. The number of nitrogens with one attached hydrogen (secondary N) is 6. The summed E-state index contributed by atoms with van der Waals surface area (Å²) in [5, 5.41) is 45.2. The van der Waals surface area contributed by atoms with Crippen molar-refractivity contribution in [3.05, 3.63) is 35.9 Å². The second-order valence-corrected chi connectivity index (χ2v) is 18.3. The molecule has 0 aliphatic carbocycles. The van der Waals surface area contributed by atoms with Crippen LogP contribution in [0.5, 0.6) is 0 Å². The predicted octanol–water partition coefficient (Wildman–Crippen LogP) is -6.70. The number of hydrogen-bond acceptors (Lipinski definition) is 15. The maximum Gasteiger partial charge on any atom is 0.326 e. The summed E-state index contributed by atoms with van der Waals surface area (Å²) >= 11 is 0. The molecule has 0 radical (unpaired) electrons. The lowest BCUT2D eigenvalue weighted by atomic mass is 10.0. The Labute approximate surface area is 433 Å². The first kappa shape index (κ1) is 61.6. The van der Waals surface area contributed by atoms with Gasteiger partial charge in [-0.1, -0.05) is 30.3 Å². The number of rotatable bonds is 30. The summed E-state index contributed by atoms with van der Waals surface area (Å²) in [6.07, 6.45) is -2.50. The SMILES string of the molecule is C[C@@H](O)[C@H](N)C(=O)N[C@@H](CCCN=C(N)N)C(=O)N[C@H](C(=O)N[C@@H](CCC(N)=O)C(=O)N1CCC[C@H]1C(=O)NCC(=O)N[C@@H](CCCN=C(N)N)C(=O)N[C@@H](Cc1ccccc1)C(=O)N1CCC[C@H]1C(=O)O)[C@@H](C)O. The Bertz CT molecular complexity index is 2220. The number of likely N-dealkylation sites (tertiary alicyclic amines) is 2. The van der Waals surface area contributed by atoms with Crippen LogP contribution in [-0.4, -0.2) is 189 Å². The first-order valence-corrected chi connectivity index (χ1v) is 24.6. The Morgan fingerprint density at radius 1 is 0.640 bits per heavy atom. The van der Waals surface area contributed by atoms with Gasteiger partial charge in [0.05, 0.1) is 18.8 Å². The molecule has 9 amide bonds. The summed E-state index contributed by atoms with van der Waals surface area (Å²) in [4.78, 5) is 143. The van der Waals surface area contributed by atoms with Crippen LogP contribution >= 0.6 is 0 Å². The normalized spacial score (nSPS) is 18.3. The molecule has 0 bridgehead atoms. The van der Waals surface area contributed by atoms with Crippen LogP contribution in [0.2, 0.25) is 0 Å². The summed E-state index contributed by atoms with van der Waals surface area (Å²) in [6.45, 7) is 1.97. The highest BCUT2D eigenvalue weighted by Crippen LogP contribution is 2.22. The lowest BCUT2D eigenvalue weighted by Gasteiger charge is -2.30. The van der Waals surface area contributed by atoms with Gasteiger partial charge in [0.15, 0.2) is 11.9 Å². The van der Waals surface area contributed by atoms with E-state index < -0.39 is 133 Å². The first-order chi connectivity index (χ1) is 35.4. The third-order valence-corrected chi connectivity index (χ3v) is 12.3. The van der Waals surface area contributed by atoms with Crippen molar-refractivity contribution >= 4 is 71.1 Å². The van der Waals surface area contributed by atoms with E-state index in [2.05, 4.69) is 41.9 Å². The smallest absolute Gasteiger partial charge is 0.326 e. The van der Waals surface area contributed by atoms with E-state index in [0.29, 0.717) is 18.4 Å². The lowest BCUT2D eigenvalue weighted by Crippen LogP contribution is -2.61. The second kappa shape index (κ2) is 30.5. The first-order valence-electron chi connectivity index (χ1n) is 24.6. The van der Waals surface area contributed by atoms with Gasteiger partial charge in [-0.3, -0.25) is 53.1 Å². The third kappa shape index (κ3) is 20.3. The molecule has 29 nitrogen and oxygen atoms in total. The van der Waals surface area contributed by atoms with Crippen molar-refractivity contribution in [1.29, 1.82) is 0 Å². The van der Waals surface area contributed by atoms with Crippen LogP contribution in [0.1, 0.15) is 83.6 Å². The van der Waals surface area contributed by atoms with Gasteiger partial charge in [-0.25, -0.2) is 4.79 Å². The molecule has 2 fully saturated rings. The number of nitrogens with two attached hydrogens (primary N) is 6. The minimum atomic E-state index is -1.76. The number of aliphatic carboxylic acids is 1. The number of nitrogens with zero attached hydrogens (tertiary/aromatic N) is 4. The summed E-state index contributed by atoms with van der Waals surface area (Å²) in [5.74, 6) is -9.38. The number of carbonyl (C=O) groups excluding carboxylic acids is 9. The fourth-order valence-electron chi connectivity index (χ4n) is 8.34. The molecule has 2 saturated heterocycles. The average Bonchev–Trinajstić information content (AvgIpc) is 4.06. The van der Waals surface area contributed by atoms with Crippen molar-refractivity contribution in [1.82, 2.24) is 41.7 Å². The largest absolute Gasteiger partial charge is 0.480 e. The molecule has 0 spiro atoms. The molecule has 29 heteroatoms. The van der Waals surface area contributed by atoms with Crippen molar-refractivity contribution in [3.8, 4) is 0 Å². The van der Waals surface area contributed by atoms with Crippen molar-refractivity contribution in [2.24, 2.45) is 44.4 Å². The molecular weight excluding hydrogens is 985 g/mol. The topological polar surface area (TPSA) is 491 Å². The quantitative estimate of drug-likeness (QED) is 0.0193. The van der Waals surface area contributed by atoms with Gasteiger partial charge in [0.2, 0.25) is 53.2 Å². The Hall–Kier alpha value is -7.66. The number of hydrogen-bond donors (Lipinski definition) is 15. The number of aliphatic imine (C=N–C) groups is 2. The Kier molecular flexibility index (Phi) is 25.1. The van der Waals surface area contributed by atoms with E-state index in [1.165, 1.54) is 11.8 Å². The van der Waals surface area contributed by atoms with E-state index in [4.69, 9.17) is 34.4 Å². The summed E-state index contributed by atoms with van der Waals surface area (Å²) in [6, 6.07) is -2.28. The number of aliphatic hydroxyl groups is 2. The minimum absolute atomic E-state index is 0.00647. The molecule has 2 aliphatic heterocycles. The van der Waals surface area contributed by atoms with E-state index in [1.54, 1.807) is 30.3 Å². The number of primary amides is 1. The molecule has 10 atom stereocenters. The highest BCUT2D eigenvalue weighted by molar-refractivity contribution is 5.98. The lowest BCUT2D eigenvalue weighted by molar-refractivity contribution is -0.149. The van der Waals surface area contributed by atoms with Gasteiger partial charge < -0.3 is 91.4 Å². The highest BCUT2D eigenvalue weighted by Gasteiger charge is 2.41. The number of carboxylic acid groups (broad SMARTS) is 1. The molecule has 0 unspecified atom stereocenters. The number of aliphatic hydroxyl groups excluding tert-OH is 2. The van der Waals surface area contributed by atoms with Crippen LogP contribution in [0.3, 0.4) is 0 Å². The molecule has 2 aliphatic rings. The fourth-order valence-corrected chi connectivity index (χ4v) is 8.34. The van der Waals surface area contributed by atoms with Crippen molar-refractivity contribution in [2.45, 2.75) is 145 Å². The number of guanidine groups is 2. The van der Waals surface area contributed by atoms with Crippen LogP contribution in [0.25, 0.3) is 0 Å². The Morgan fingerprint density at radius 3 is 1.68 bits per heavy atom.